The van der Waals surface area contributed by atoms with Crippen molar-refractivity contribution in [1.82, 2.24) is 10.6 Å². The van der Waals surface area contributed by atoms with Gasteiger partial charge < -0.3 is 0 Å². The van der Waals surface area contributed by atoms with E-state index in [0.29, 0.717) is 0 Å². The summed E-state index contributed by atoms with van der Waals surface area (Å²) in [4.78, 5) is 0. The molecular formula is C21H42N2. The van der Waals surface area contributed by atoms with Crippen LogP contribution in [0.1, 0.15) is 104 Å². The maximum absolute atomic E-state index is 4.12. The van der Waals surface area contributed by atoms with E-state index in [0.717, 1.165) is 11.8 Å². The lowest BCUT2D eigenvalue weighted by Gasteiger charge is -2.51. The smallest absolute Gasteiger partial charge is 0.0745 e. The van der Waals surface area contributed by atoms with Gasteiger partial charge in [-0.15, -0.1) is 0 Å². The molecule has 0 radical (unpaired) electrons. The van der Waals surface area contributed by atoms with Crippen LogP contribution in [0.3, 0.4) is 0 Å². The summed E-state index contributed by atoms with van der Waals surface area (Å²) in [5, 5.41) is 8.24. The average molecular weight is 323 g/mol. The standard InChI is InChI=1S/C21H42N2/c1-3-5-17-22-21(23-18-6-4-2,19-13-9-7-10-14-19)20-15-11-8-12-16-20/h19-20,22-23H,3-18H2,1-2H3. The number of hydrogen-bond donors (Lipinski definition) is 2. The van der Waals surface area contributed by atoms with E-state index in [9.17, 15) is 0 Å². The summed E-state index contributed by atoms with van der Waals surface area (Å²) < 4.78 is 0. The summed E-state index contributed by atoms with van der Waals surface area (Å²) in [6.45, 7) is 7.02. The molecule has 0 bridgehead atoms. The molecule has 0 aromatic heterocycles. The summed E-state index contributed by atoms with van der Waals surface area (Å²) >= 11 is 0. The van der Waals surface area contributed by atoms with Crippen LogP contribution in [-0.2, 0) is 0 Å². The highest BCUT2D eigenvalue weighted by atomic mass is 15.2. The van der Waals surface area contributed by atoms with E-state index in [-0.39, 0.29) is 5.66 Å². The summed E-state index contributed by atoms with van der Waals surface area (Å²) in [5.74, 6) is 1.71. The van der Waals surface area contributed by atoms with Crippen molar-refractivity contribution in [1.29, 1.82) is 0 Å². The topological polar surface area (TPSA) is 24.1 Å². The van der Waals surface area contributed by atoms with Crippen molar-refractivity contribution in [2.24, 2.45) is 11.8 Å². The van der Waals surface area contributed by atoms with Crippen molar-refractivity contribution in [3.63, 3.8) is 0 Å². The van der Waals surface area contributed by atoms with E-state index < -0.39 is 0 Å². The molecule has 0 heterocycles. The minimum Gasteiger partial charge on any atom is -0.299 e. The van der Waals surface area contributed by atoms with E-state index >= 15 is 0 Å². The fourth-order valence-corrected chi connectivity index (χ4v) is 5.03. The van der Waals surface area contributed by atoms with Crippen LogP contribution in [0.15, 0.2) is 0 Å². The van der Waals surface area contributed by atoms with Crippen LogP contribution in [-0.4, -0.2) is 18.8 Å². The first kappa shape index (κ1) is 19.2. The number of unbranched alkanes of at least 4 members (excludes halogenated alkanes) is 2. The highest BCUT2D eigenvalue weighted by Crippen LogP contribution is 2.41. The first-order chi connectivity index (χ1) is 11.3. The first-order valence-corrected chi connectivity index (χ1v) is 10.8. The van der Waals surface area contributed by atoms with Gasteiger partial charge in [0.05, 0.1) is 5.66 Å². The fraction of sp³-hybridized carbons (Fsp3) is 1.00. The molecule has 0 aromatic carbocycles. The maximum Gasteiger partial charge on any atom is 0.0745 e. The third kappa shape index (κ3) is 5.46. The first-order valence-electron chi connectivity index (χ1n) is 10.8. The van der Waals surface area contributed by atoms with Crippen LogP contribution in [0, 0.1) is 11.8 Å². The fourth-order valence-electron chi connectivity index (χ4n) is 5.03. The molecule has 0 saturated heterocycles. The Labute approximate surface area is 145 Å². The molecule has 2 N–H and O–H groups in total. The second kappa shape index (κ2) is 10.7. The molecule has 0 unspecified atom stereocenters. The number of hydrogen-bond acceptors (Lipinski definition) is 2. The molecule has 2 saturated carbocycles. The zero-order valence-corrected chi connectivity index (χ0v) is 16.0. The van der Waals surface area contributed by atoms with Crippen molar-refractivity contribution < 1.29 is 0 Å². The minimum absolute atomic E-state index is 0.241. The Morgan fingerprint density at radius 1 is 0.652 bits per heavy atom. The second-order valence-electron chi connectivity index (χ2n) is 8.10. The molecule has 2 nitrogen and oxygen atoms in total. The Morgan fingerprint density at radius 2 is 1.04 bits per heavy atom. The molecule has 0 aliphatic heterocycles. The lowest BCUT2D eigenvalue weighted by Crippen LogP contribution is -2.67. The van der Waals surface area contributed by atoms with Crippen LogP contribution < -0.4 is 10.6 Å². The van der Waals surface area contributed by atoms with Gasteiger partial charge in [0.15, 0.2) is 0 Å². The number of rotatable bonds is 10. The molecule has 2 fully saturated rings. The maximum atomic E-state index is 4.12. The lowest BCUT2D eigenvalue weighted by molar-refractivity contribution is 0.0367. The Bertz CT molecular complexity index is 260. The second-order valence-corrected chi connectivity index (χ2v) is 8.10. The monoisotopic (exact) mass is 322 g/mol. The van der Waals surface area contributed by atoms with Gasteiger partial charge >= 0.3 is 0 Å². The van der Waals surface area contributed by atoms with Gasteiger partial charge in [-0.25, -0.2) is 0 Å². The van der Waals surface area contributed by atoms with Gasteiger partial charge in [-0.3, -0.25) is 10.6 Å². The van der Waals surface area contributed by atoms with Crippen molar-refractivity contribution in [3.8, 4) is 0 Å². The van der Waals surface area contributed by atoms with Crippen LogP contribution >= 0.6 is 0 Å². The van der Waals surface area contributed by atoms with Gasteiger partial charge in [-0.2, -0.15) is 0 Å². The molecular weight excluding hydrogens is 280 g/mol. The predicted octanol–water partition coefficient (Wildman–Crippen LogP) is 5.62. The zero-order valence-electron chi connectivity index (χ0n) is 16.0. The molecule has 23 heavy (non-hydrogen) atoms. The Hall–Kier alpha value is -0.0800. The molecule has 0 aromatic rings. The van der Waals surface area contributed by atoms with Crippen LogP contribution in [0.4, 0.5) is 0 Å². The SMILES string of the molecule is CCCCNC(NCCCC)(C1CCCCC1)C1CCCCC1. The number of nitrogens with one attached hydrogen (secondary N) is 2. The summed E-state index contributed by atoms with van der Waals surface area (Å²) in [6, 6.07) is 0. The van der Waals surface area contributed by atoms with Crippen molar-refractivity contribution in [2.45, 2.75) is 109 Å². The quantitative estimate of drug-likeness (QED) is 0.403. The average Bonchev–Trinajstić information content (AvgIpc) is 2.62. The highest BCUT2D eigenvalue weighted by molar-refractivity contribution is 4.99. The third-order valence-electron chi connectivity index (χ3n) is 6.39. The molecule has 2 rings (SSSR count). The predicted molar refractivity (Wildman–Crippen MR) is 102 cm³/mol. The molecule has 0 amide bonds. The molecule has 2 aliphatic rings. The van der Waals surface area contributed by atoms with Gasteiger partial charge in [0.2, 0.25) is 0 Å². The van der Waals surface area contributed by atoms with Gasteiger partial charge in [0.25, 0.3) is 0 Å². The van der Waals surface area contributed by atoms with Crippen LogP contribution in [0.2, 0.25) is 0 Å². The van der Waals surface area contributed by atoms with E-state index in [1.165, 1.54) is 103 Å². The van der Waals surface area contributed by atoms with Crippen LogP contribution in [0.5, 0.6) is 0 Å². The zero-order chi connectivity index (χ0) is 16.4. The largest absolute Gasteiger partial charge is 0.299 e. The van der Waals surface area contributed by atoms with Crippen molar-refractivity contribution in [2.75, 3.05) is 13.1 Å². The Morgan fingerprint density at radius 3 is 1.39 bits per heavy atom. The summed E-state index contributed by atoms with van der Waals surface area (Å²) in [7, 11) is 0. The Kier molecular flexibility index (Phi) is 8.97. The van der Waals surface area contributed by atoms with Gasteiger partial charge in [0.1, 0.15) is 0 Å². The normalized spacial score (nSPS) is 21.7. The Balaban J connectivity index is 2.13. The summed E-state index contributed by atoms with van der Waals surface area (Å²) in [5.41, 5.74) is 0.241. The highest BCUT2D eigenvalue weighted by Gasteiger charge is 2.44. The van der Waals surface area contributed by atoms with Crippen LogP contribution in [0.25, 0.3) is 0 Å². The third-order valence-corrected chi connectivity index (χ3v) is 6.39. The van der Waals surface area contributed by atoms with Gasteiger partial charge in [-0.05, 0) is 63.5 Å². The van der Waals surface area contributed by atoms with E-state index in [1.54, 1.807) is 0 Å². The minimum atomic E-state index is 0.241. The molecule has 2 aliphatic carbocycles. The van der Waals surface area contributed by atoms with E-state index in [4.69, 9.17) is 0 Å². The molecule has 2 heteroatoms. The molecule has 0 atom stereocenters. The van der Waals surface area contributed by atoms with Gasteiger partial charge in [-0.1, -0.05) is 65.2 Å². The molecule has 0 spiro atoms. The van der Waals surface area contributed by atoms with E-state index in [1.807, 2.05) is 0 Å². The van der Waals surface area contributed by atoms with Crippen molar-refractivity contribution >= 4 is 0 Å². The lowest BCUT2D eigenvalue weighted by atomic mass is 9.68. The van der Waals surface area contributed by atoms with E-state index in [2.05, 4.69) is 24.5 Å². The summed E-state index contributed by atoms with van der Waals surface area (Å²) in [6.07, 6.45) is 19.7. The van der Waals surface area contributed by atoms with Crippen molar-refractivity contribution in [3.05, 3.63) is 0 Å². The molecule has 136 valence electrons. The van der Waals surface area contributed by atoms with Gasteiger partial charge in [0, 0.05) is 0 Å².